The summed E-state index contributed by atoms with van der Waals surface area (Å²) in [5, 5.41) is 2.87. The van der Waals surface area contributed by atoms with Crippen molar-refractivity contribution in [2.75, 3.05) is 12.3 Å². The lowest BCUT2D eigenvalue weighted by molar-refractivity contribution is 0.0880. The second-order valence-electron chi connectivity index (χ2n) is 7.09. The first-order valence-corrected chi connectivity index (χ1v) is 10.0. The molecule has 1 aromatic carbocycles. The van der Waals surface area contributed by atoms with Crippen molar-refractivity contribution in [2.45, 2.75) is 25.1 Å². The number of sulfonamides is 1. The van der Waals surface area contributed by atoms with Crippen LogP contribution in [0.3, 0.4) is 0 Å². The van der Waals surface area contributed by atoms with Crippen LogP contribution in [0.1, 0.15) is 35.3 Å². The number of hydrogen-bond acceptors (Lipinski definition) is 7. The quantitative estimate of drug-likeness (QED) is 0.668. The van der Waals surface area contributed by atoms with Crippen molar-refractivity contribution in [3.63, 3.8) is 0 Å². The van der Waals surface area contributed by atoms with E-state index in [-0.39, 0.29) is 29.9 Å². The summed E-state index contributed by atoms with van der Waals surface area (Å²) in [6.45, 7) is 3.72. The highest BCUT2D eigenvalue weighted by molar-refractivity contribution is 7.89. The zero-order valence-electron chi connectivity index (χ0n) is 15.5. The van der Waals surface area contributed by atoms with Gasteiger partial charge in [-0.2, -0.15) is 0 Å². The van der Waals surface area contributed by atoms with Crippen molar-refractivity contribution in [1.82, 2.24) is 10.3 Å². The maximum absolute atomic E-state index is 12.4. The molecular formula is C18H21N5O4S. The SMILES string of the molecule is CC(C)(COc1cccc2c1C(N)=NS(=O)(=O)C2)NC(=O)c1ccnc(N)c1. The molecule has 1 amide bonds. The van der Waals surface area contributed by atoms with E-state index < -0.39 is 15.6 Å². The second kappa shape index (κ2) is 7.12. The summed E-state index contributed by atoms with van der Waals surface area (Å²) in [4.78, 5) is 16.3. The normalized spacial score (nSPS) is 15.3. The van der Waals surface area contributed by atoms with Crippen LogP contribution >= 0.6 is 0 Å². The van der Waals surface area contributed by atoms with Gasteiger partial charge in [-0.3, -0.25) is 4.79 Å². The molecule has 0 fully saturated rings. The number of amidine groups is 1. The zero-order valence-corrected chi connectivity index (χ0v) is 16.3. The van der Waals surface area contributed by atoms with Crippen LogP contribution in [0.5, 0.6) is 5.75 Å². The third-order valence-corrected chi connectivity index (χ3v) is 5.18. The van der Waals surface area contributed by atoms with Gasteiger partial charge in [0.2, 0.25) is 0 Å². The number of fused-ring (bicyclic) bond motifs is 1. The number of rotatable bonds is 5. The van der Waals surface area contributed by atoms with Crippen LogP contribution in [0.2, 0.25) is 0 Å². The largest absolute Gasteiger partial charge is 0.490 e. The fraction of sp³-hybridized carbons (Fsp3) is 0.278. The molecule has 2 heterocycles. The lowest BCUT2D eigenvalue weighted by Crippen LogP contribution is -2.48. The molecule has 0 saturated carbocycles. The summed E-state index contributed by atoms with van der Waals surface area (Å²) >= 11 is 0. The third-order valence-electron chi connectivity index (χ3n) is 4.03. The molecule has 10 heteroatoms. The zero-order chi connectivity index (χ0) is 20.5. The molecule has 0 bridgehead atoms. The van der Waals surface area contributed by atoms with E-state index in [0.29, 0.717) is 22.4 Å². The summed E-state index contributed by atoms with van der Waals surface area (Å²) in [6.07, 6.45) is 1.46. The minimum Gasteiger partial charge on any atom is -0.490 e. The standard InChI is InChI=1S/C18H21N5O4S/c1-18(2,22-17(24)11-6-7-21-14(19)8-11)10-27-13-5-3-4-12-9-28(25,26)23-16(20)15(12)13/h3-8H,9-10H2,1-2H3,(H2,19,21)(H2,20,23)(H,22,24). The molecule has 1 aliphatic heterocycles. The summed E-state index contributed by atoms with van der Waals surface area (Å²) in [7, 11) is -3.62. The minimum atomic E-state index is -3.62. The number of amides is 1. The second-order valence-corrected chi connectivity index (χ2v) is 8.72. The van der Waals surface area contributed by atoms with Gasteiger partial charge in [-0.25, -0.2) is 13.4 Å². The molecule has 0 unspecified atom stereocenters. The number of hydrogen-bond donors (Lipinski definition) is 3. The molecule has 9 nitrogen and oxygen atoms in total. The van der Waals surface area contributed by atoms with E-state index in [1.54, 1.807) is 38.1 Å². The van der Waals surface area contributed by atoms with Crippen LogP contribution in [0.4, 0.5) is 5.82 Å². The van der Waals surface area contributed by atoms with Gasteiger partial charge in [0.25, 0.3) is 15.9 Å². The first-order chi connectivity index (χ1) is 13.1. The van der Waals surface area contributed by atoms with Gasteiger partial charge < -0.3 is 21.5 Å². The maximum Gasteiger partial charge on any atom is 0.259 e. The molecule has 1 aliphatic rings. The monoisotopic (exact) mass is 403 g/mol. The summed E-state index contributed by atoms with van der Waals surface area (Å²) < 4.78 is 32.9. The Balaban J connectivity index is 1.74. The van der Waals surface area contributed by atoms with Gasteiger partial charge in [0, 0.05) is 11.8 Å². The number of anilines is 1. The van der Waals surface area contributed by atoms with Crippen LogP contribution in [0.25, 0.3) is 0 Å². The average molecular weight is 403 g/mol. The van der Waals surface area contributed by atoms with Crippen LogP contribution in [0, 0.1) is 0 Å². The van der Waals surface area contributed by atoms with Crippen LogP contribution in [-0.4, -0.2) is 37.3 Å². The highest BCUT2D eigenvalue weighted by Gasteiger charge is 2.27. The molecule has 0 radical (unpaired) electrons. The van der Waals surface area contributed by atoms with Gasteiger partial charge in [0.1, 0.15) is 24.0 Å². The molecular weight excluding hydrogens is 382 g/mol. The highest BCUT2D eigenvalue weighted by atomic mass is 32.2. The Morgan fingerprint density at radius 3 is 2.75 bits per heavy atom. The molecule has 1 aromatic heterocycles. The predicted octanol–water partition coefficient (Wildman–Crippen LogP) is 0.800. The molecule has 0 atom stereocenters. The van der Waals surface area contributed by atoms with Crippen molar-refractivity contribution in [2.24, 2.45) is 10.1 Å². The summed E-state index contributed by atoms with van der Waals surface area (Å²) in [6, 6.07) is 8.08. The number of nitrogens with two attached hydrogens (primary N) is 2. The number of aromatic nitrogens is 1. The van der Waals surface area contributed by atoms with E-state index in [0.717, 1.165) is 0 Å². The van der Waals surface area contributed by atoms with Gasteiger partial charge >= 0.3 is 0 Å². The van der Waals surface area contributed by atoms with Crippen LogP contribution in [0.15, 0.2) is 40.9 Å². The average Bonchev–Trinajstić information content (AvgIpc) is 2.58. The Morgan fingerprint density at radius 2 is 2.04 bits per heavy atom. The molecule has 0 spiro atoms. The van der Waals surface area contributed by atoms with E-state index in [2.05, 4.69) is 14.7 Å². The van der Waals surface area contributed by atoms with Crippen molar-refractivity contribution < 1.29 is 17.9 Å². The minimum absolute atomic E-state index is 0.106. The number of carbonyl (C=O) groups is 1. The Labute approximate surface area is 162 Å². The fourth-order valence-corrected chi connectivity index (χ4v) is 3.88. The Hall–Kier alpha value is -3.14. The lowest BCUT2D eigenvalue weighted by Gasteiger charge is -2.27. The topological polar surface area (TPSA) is 150 Å². The number of ether oxygens (including phenoxy) is 1. The molecule has 2 aromatic rings. The predicted molar refractivity (Wildman–Crippen MR) is 105 cm³/mol. The number of benzene rings is 1. The number of nitrogens with one attached hydrogen (secondary N) is 1. The Bertz CT molecular complexity index is 1060. The molecule has 0 aliphatic carbocycles. The smallest absolute Gasteiger partial charge is 0.259 e. The van der Waals surface area contributed by atoms with Gasteiger partial charge in [0.05, 0.1) is 16.9 Å². The molecule has 5 N–H and O–H groups in total. The van der Waals surface area contributed by atoms with E-state index in [1.165, 1.54) is 12.3 Å². The highest BCUT2D eigenvalue weighted by Crippen LogP contribution is 2.28. The van der Waals surface area contributed by atoms with E-state index in [4.69, 9.17) is 16.2 Å². The van der Waals surface area contributed by atoms with Crippen molar-refractivity contribution in [3.8, 4) is 5.75 Å². The van der Waals surface area contributed by atoms with E-state index in [1.807, 2.05) is 0 Å². The van der Waals surface area contributed by atoms with Crippen LogP contribution in [-0.2, 0) is 15.8 Å². The van der Waals surface area contributed by atoms with Gasteiger partial charge in [-0.15, -0.1) is 4.40 Å². The van der Waals surface area contributed by atoms with Crippen molar-refractivity contribution in [1.29, 1.82) is 0 Å². The van der Waals surface area contributed by atoms with Crippen molar-refractivity contribution >= 4 is 27.6 Å². The maximum atomic E-state index is 12.4. The fourth-order valence-electron chi connectivity index (χ4n) is 2.80. The van der Waals surface area contributed by atoms with E-state index >= 15 is 0 Å². The first-order valence-electron chi connectivity index (χ1n) is 8.43. The first kappa shape index (κ1) is 19.6. The van der Waals surface area contributed by atoms with Gasteiger partial charge in [-0.05, 0) is 37.6 Å². The van der Waals surface area contributed by atoms with Gasteiger partial charge in [-0.1, -0.05) is 12.1 Å². The number of carbonyl (C=O) groups excluding carboxylic acids is 1. The Morgan fingerprint density at radius 1 is 1.29 bits per heavy atom. The molecule has 0 saturated heterocycles. The number of pyridine rings is 1. The number of nitrogens with zero attached hydrogens (tertiary/aromatic N) is 2. The number of nitrogen functional groups attached to an aromatic ring is 1. The third kappa shape index (κ3) is 4.39. The molecule has 148 valence electrons. The molecule has 28 heavy (non-hydrogen) atoms. The Kier molecular flexibility index (Phi) is 4.99. The summed E-state index contributed by atoms with van der Waals surface area (Å²) in [5.74, 6) is 0.00600. The van der Waals surface area contributed by atoms with E-state index in [9.17, 15) is 13.2 Å². The lowest BCUT2D eigenvalue weighted by atomic mass is 10.0. The molecule has 3 rings (SSSR count). The summed E-state index contributed by atoms with van der Waals surface area (Å²) in [5.41, 5.74) is 12.1. The van der Waals surface area contributed by atoms with Crippen molar-refractivity contribution in [3.05, 3.63) is 53.2 Å². The van der Waals surface area contributed by atoms with Crippen LogP contribution < -0.4 is 21.5 Å². The van der Waals surface area contributed by atoms with Gasteiger partial charge in [0.15, 0.2) is 0 Å².